The van der Waals surface area contributed by atoms with E-state index in [1.807, 2.05) is 12.4 Å². The van der Waals surface area contributed by atoms with Gasteiger partial charge in [0, 0.05) is 42.3 Å². The molecule has 0 unspecified atom stereocenters. The molecule has 1 fully saturated rings. The van der Waals surface area contributed by atoms with Gasteiger partial charge in [0.1, 0.15) is 0 Å². The molecule has 6 heteroatoms. The molecule has 0 radical (unpaired) electrons. The number of hydrogen-bond donors (Lipinski definition) is 1. The van der Waals surface area contributed by atoms with Gasteiger partial charge in [0.15, 0.2) is 5.65 Å². The maximum atomic E-state index is 4.77. The molecule has 3 aromatic rings. The Bertz CT molecular complexity index is 818. The number of nitrogens with one attached hydrogen (secondary N) is 1. The van der Waals surface area contributed by atoms with Gasteiger partial charge in [-0.05, 0) is 51.4 Å². The first-order chi connectivity index (χ1) is 11.7. The number of fused-ring (bicyclic) bond motifs is 1. The number of likely N-dealkylation sites (tertiary alicyclic amines) is 1. The molecule has 1 aliphatic heterocycles. The van der Waals surface area contributed by atoms with E-state index in [2.05, 4.69) is 56.9 Å². The molecule has 1 aliphatic rings. The van der Waals surface area contributed by atoms with Crippen molar-refractivity contribution in [2.45, 2.75) is 45.2 Å². The van der Waals surface area contributed by atoms with E-state index < -0.39 is 0 Å². The molecule has 0 bridgehead atoms. The van der Waals surface area contributed by atoms with Gasteiger partial charge in [-0.25, -0.2) is 4.98 Å². The number of hydrogen-bond acceptors (Lipinski definition) is 4. The molecule has 1 N–H and O–H groups in total. The third-order valence-electron chi connectivity index (χ3n) is 4.87. The smallest absolute Gasteiger partial charge is 0.155 e. The minimum absolute atomic E-state index is 0.403. The van der Waals surface area contributed by atoms with E-state index in [0.29, 0.717) is 12.0 Å². The first-order valence-corrected chi connectivity index (χ1v) is 8.75. The van der Waals surface area contributed by atoms with Crippen LogP contribution in [0.25, 0.3) is 11.0 Å². The van der Waals surface area contributed by atoms with E-state index in [1.165, 1.54) is 24.2 Å². The third kappa shape index (κ3) is 2.94. The van der Waals surface area contributed by atoms with Crippen LogP contribution in [0, 0.1) is 0 Å². The molecule has 0 aromatic carbocycles. The average Bonchev–Trinajstić information content (AvgIpc) is 3.23. The molecule has 0 spiro atoms. The van der Waals surface area contributed by atoms with E-state index in [-0.39, 0.29) is 0 Å². The zero-order valence-corrected chi connectivity index (χ0v) is 14.3. The van der Waals surface area contributed by atoms with E-state index in [4.69, 9.17) is 4.98 Å². The monoisotopic (exact) mass is 324 g/mol. The summed E-state index contributed by atoms with van der Waals surface area (Å²) in [6.45, 7) is 7.51. The van der Waals surface area contributed by atoms with Crippen LogP contribution in [-0.2, 0) is 6.54 Å². The van der Waals surface area contributed by atoms with Gasteiger partial charge in [-0.2, -0.15) is 10.2 Å². The van der Waals surface area contributed by atoms with Crippen molar-refractivity contribution in [2.75, 3.05) is 13.1 Å². The Morgan fingerprint density at radius 3 is 3.08 bits per heavy atom. The summed E-state index contributed by atoms with van der Waals surface area (Å²) < 4.78 is 2.12. The van der Waals surface area contributed by atoms with Crippen LogP contribution in [0.1, 0.15) is 50.0 Å². The average molecular weight is 324 g/mol. The predicted molar refractivity (Wildman–Crippen MR) is 93.8 cm³/mol. The van der Waals surface area contributed by atoms with Crippen molar-refractivity contribution in [2.24, 2.45) is 0 Å². The SMILES string of the molecule is CC(C)n1nccc1CN1CCC[C@H](c2ccc3cn[nH]c3n2)C1. The van der Waals surface area contributed by atoms with Gasteiger partial charge in [-0.1, -0.05) is 0 Å². The number of aromatic nitrogens is 5. The standard InChI is InChI=1S/C18H24N6/c1-13(2)24-16(7-8-20-24)12-23-9-3-4-15(11-23)17-6-5-14-10-19-22-18(14)21-17/h5-8,10,13,15H,3-4,9,11-12H2,1-2H3,(H,19,21,22)/t15-/m0/s1. The lowest BCUT2D eigenvalue weighted by Gasteiger charge is -2.32. The maximum absolute atomic E-state index is 4.77. The van der Waals surface area contributed by atoms with Crippen molar-refractivity contribution < 1.29 is 0 Å². The summed E-state index contributed by atoms with van der Waals surface area (Å²) >= 11 is 0. The molecule has 126 valence electrons. The Kier molecular flexibility index (Phi) is 4.06. The number of nitrogens with zero attached hydrogens (tertiary/aromatic N) is 5. The van der Waals surface area contributed by atoms with Crippen LogP contribution in [0.4, 0.5) is 0 Å². The Balaban J connectivity index is 1.50. The molecule has 4 rings (SSSR count). The number of piperidine rings is 1. The van der Waals surface area contributed by atoms with Gasteiger partial charge in [0.05, 0.1) is 11.9 Å². The molecule has 0 saturated carbocycles. The van der Waals surface area contributed by atoms with Crippen molar-refractivity contribution in [3.05, 3.63) is 42.0 Å². The van der Waals surface area contributed by atoms with Crippen molar-refractivity contribution >= 4 is 11.0 Å². The molecule has 0 aliphatic carbocycles. The fourth-order valence-corrected chi connectivity index (χ4v) is 3.67. The molecule has 1 atom stereocenters. The highest BCUT2D eigenvalue weighted by molar-refractivity contribution is 5.73. The van der Waals surface area contributed by atoms with Crippen LogP contribution < -0.4 is 0 Å². The van der Waals surface area contributed by atoms with Crippen molar-refractivity contribution in [1.29, 1.82) is 0 Å². The molecule has 3 aromatic heterocycles. The summed E-state index contributed by atoms with van der Waals surface area (Å²) in [5, 5.41) is 12.6. The number of rotatable bonds is 4. The number of H-pyrrole nitrogens is 1. The molecule has 24 heavy (non-hydrogen) atoms. The summed E-state index contributed by atoms with van der Waals surface area (Å²) in [6, 6.07) is 6.82. The molecular formula is C18H24N6. The van der Waals surface area contributed by atoms with E-state index in [1.54, 1.807) is 0 Å². The summed E-state index contributed by atoms with van der Waals surface area (Å²) in [4.78, 5) is 7.30. The highest BCUT2D eigenvalue weighted by atomic mass is 15.3. The maximum Gasteiger partial charge on any atom is 0.155 e. The Morgan fingerprint density at radius 1 is 1.29 bits per heavy atom. The minimum atomic E-state index is 0.403. The minimum Gasteiger partial charge on any atom is -0.297 e. The Morgan fingerprint density at radius 2 is 2.21 bits per heavy atom. The van der Waals surface area contributed by atoms with E-state index >= 15 is 0 Å². The molecular weight excluding hydrogens is 300 g/mol. The summed E-state index contributed by atoms with van der Waals surface area (Å²) in [5.41, 5.74) is 3.36. The molecule has 6 nitrogen and oxygen atoms in total. The first-order valence-electron chi connectivity index (χ1n) is 8.75. The zero-order chi connectivity index (χ0) is 16.5. The van der Waals surface area contributed by atoms with E-state index in [0.717, 1.165) is 30.7 Å². The Hall–Kier alpha value is -2.21. The normalized spacial score (nSPS) is 19.4. The lowest BCUT2D eigenvalue weighted by molar-refractivity contribution is 0.192. The highest BCUT2D eigenvalue weighted by Gasteiger charge is 2.23. The second-order valence-electron chi connectivity index (χ2n) is 6.98. The first kappa shape index (κ1) is 15.3. The Labute approximate surface area is 141 Å². The second-order valence-corrected chi connectivity index (χ2v) is 6.98. The molecule has 0 amide bonds. The largest absolute Gasteiger partial charge is 0.297 e. The van der Waals surface area contributed by atoms with Crippen molar-refractivity contribution in [3.63, 3.8) is 0 Å². The molecule has 1 saturated heterocycles. The van der Waals surface area contributed by atoms with Gasteiger partial charge >= 0.3 is 0 Å². The van der Waals surface area contributed by atoms with Gasteiger partial charge in [-0.3, -0.25) is 14.7 Å². The van der Waals surface area contributed by atoms with Gasteiger partial charge in [0.2, 0.25) is 0 Å². The summed E-state index contributed by atoms with van der Waals surface area (Å²) in [6.07, 6.45) is 6.15. The molecule has 4 heterocycles. The van der Waals surface area contributed by atoms with Gasteiger partial charge < -0.3 is 0 Å². The quantitative estimate of drug-likeness (QED) is 0.801. The second kappa shape index (κ2) is 6.36. The zero-order valence-electron chi connectivity index (χ0n) is 14.3. The van der Waals surface area contributed by atoms with Crippen LogP contribution in [0.5, 0.6) is 0 Å². The number of aromatic amines is 1. The lowest BCUT2D eigenvalue weighted by Crippen LogP contribution is -2.35. The third-order valence-corrected chi connectivity index (χ3v) is 4.87. The number of pyridine rings is 1. The summed E-state index contributed by atoms with van der Waals surface area (Å²) in [7, 11) is 0. The fraction of sp³-hybridized carbons (Fsp3) is 0.500. The summed E-state index contributed by atoms with van der Waals surface area (Å²) in [5.74, 6) is 0.488. The fourth-order valence-electron chi connectivity index (χ4n) is 3.67. The predicted octanol–water partition coefficient (Wildman–Crippen LogP) is 3.11. The lowest BCUT2D eigenvalue weighted by atomic mass is 9.94. The van der Waals surface area contributed by atoms with Gasteiger partial charge in [-0.15, -0.1) is 0 Å². The van der Waals surface area contributed by atoms with Crippen LogP contribution in [0.2, 0.25) is 0 Å². The van der Waals surface area contributed by atoms with Crippen LogP contribution in [0.15, 0.2) is 30.6 Å². The van der Waals surface area contributed by atoms with Gasteiger partial charge in [0.25, 0.3) is 0 Å². The van der Waals surface area contributed by atoms with Crippen molar-refractivity contribution in [1.82, 2.24) is 29.9 Å². The highest BCUT2D eigenvalue weighted by Crippen LogP contribution is 2.27. The van der Waals surface area contributed by atoms with Crippen LogP contribution >= 0.6 is 0 Å². The van der Waals surface area contributed by atoms with Crippen molar-refractivity contribution in [3.8, 4) is 0 Å². The topological polar surface area (TPSA) is 62.6 Å². The van der Waals surface area contributed by atoms with Crippen LogP contribution in [-0.4, -0.2) is 43.0 Å². The van der Waals surface area contributed by atoms with Crippen LogP contribution in [0.3, 0.4) is 0 Å². The van der Waals surface area contributed by atoms with E-state index in [9.17, 15) is 0 Å².